The van der Waals surface area contributed by atoms with Crippen LogP contribution in [0.3, 0.4) is 0 Å². The van der Waals surface area contributed by atoms with Crippen molar-refractivity contribution in [3.05, 3.63) is 17.0 Å². The first-order valence-corrected chi connectivity index (χ1v) is 4.20. The molecular formula is C8H8ClN3O2. The van der Waals surface area contributed by atoms with E-state index in [1.807, 2.05) is 6.07 Å². The van der Waals surface area contributed by atoms with Crippen LogP contribution in [0.1, 0.15) is 5.56 Å². The van der Waals surface area contributed by atoms with Crippen molar-refractivity contribution in [1.82, 2.24) is 9.97 Å². The first kappa shape index (κ1) is 10.7. The van der Waals surface area contributed by atoms with Gasteiger partial charge >= 0.3 is 0 Å². The molecule has 0 saturated carbocycles. The number of hydrogen-bond acceptors (Lipinski definition) is 5. The minimum atomic E-state index is 0.0522. The number of rotatable bonds is 4. The second-order valence-electron chi connectivity index (χ2n) is 2.31. The summed E-state index contributed by atoms with van der Waals surface area (Å²) >= 11 is 5.54. The Labute approximate surface area is 86.3 Å². The summed E-state index contributed by atoms with van der Waals surface area (Å²) < 4.78 is 9.95. The molecule has 14 heavy (non-hydrogen) atoms. The van der Waals surface area contributed by atoms with Crippen molar-refractivity contribution in [2.24, 2.45) is 0 Å². The van der Waals surface area contributed by atoms with Gasteiger partial charge in [-0.05, 0) is 11.6 Å². The maximum Gasteiger partial charge on any atom is 0.236 e. The smallest absolute Gasteiger partial charge is 0.236 e. The van der Waals surface area contributed by atoms with Crippen LogP contribution in [0.4, 0.5) is 0 Å². The summed E-state index contributed by atoms with van der Waals surface area (Å²) in [5.41, 5.74) is 0.255. The number of ether oxygens (including phenoxy) is 2. The highest BCUT2D eigenvalue weighted by Crippen LogP contribution is 2.15. The van der Waals surface area contributed by atoms with Crippen LogP contribution in [0.2, 0.25) is 5.28 Å². The molecule has 6 heteroatoms. The second-order valence-corrected chi connectivity index (χ2v) is 2.65. The van der Waals surface area contributed by atoms with Crippen molar-refractivity contribution >= 4 is 11.6 Å². The maximum absolute atomic E-state index is 8.68. The van der Waals surface area contributed by atoms with Gasteiger partial charge in [0, 0.05) is 7.11 Å². The lowest BCUT2D eigenvalue weighted by Gasteiger charge is -2.05. The Morgan fingerprint density at radius 1 is 1.57 bits per heavy atom. The van der Waals surface area contributed by atoms with E-state index in [1.165, 1.54) is 6.20 Å². The van der Waals surface area contributed by atoms with E-state index in [0.717, 1.165) is 0 Å². The fourth-order valence-electron chi connectivity index (χ4n) is 0.754. The van der Waals surface area contributed by atoms with Crippen molar-refractivity contribution in [1.29, 1.82) is 5.26 Å². The van der Waals surface area contributed by atoms with E-state index < -0.39 is 0 Å². The van der Waals surface area contributed by atoms with Crippen LogP contribution in [-0.2, 0) is 4.74 Å². The van der Waals surface area contributed by atoms with Gasteiger partial charge in [-0.1, -0.05) is 0 Å². The lowest BCUT2D eigenvalue weighted by molar-refractivity contribution is 0.143. The summed E-state index contributed by atoms with van der Waals surface area (Å²) in [6.07, 6.45) is 1.32. The zero-order valence-electron chi connectivity index (χ0n) is 7.53. The van der Waals surface area contributed by atoms with E-state index >= 15 is 0 Å². The van der Waals surface area contributed by atoms with Crippen molar-refractivity contribution in [2.75, 3.05) is 20.3 Å². The number of hydrogen-bond donors (Lipinski definition) is 0. The van der Waals surface area contributed by atoms with Gasteiger partial charge in [-0.25, -0.2) is 4.98 Å². The average molecular weight is 214 g/mol. The summed E-state index contributed by atoms with van der Waals surface area (Å²) in [7, 11) is 1.56. The summed E-state index contributed by atoms with van der Waals surface area (Å²) in [5.74, 6) is 0.185. The molecule has 0 unspecified atom stereocenters. The van der Waals surface area contributed by atoms with Crippen LogP contribution in [-0.4, -0.2) is 30.3 Å². The molecular weight excluding hydrogens is 206 g/mol. The van der Waals surface area contributed by atoms with Gasteiger partial charge in [0.15, 0.2) is 0 Å². The molecule has 0 saturated heterocycles. The largest absolute Gasteiger partial charge is 0.474 e. The van der Waals surface area contributed by atoms with Crippen molar-refractivity contribution in [3.8, 4) is 11.9 Å². The average Bonchev–Trinajstić information content (AvgIpc) is 2.19. The topological polar surface area (TPSA) is 68.0 Å². The van der Waals surface area contributed by atoms with Crippen molar-refractivity contribution in [3.63, 3.8) is 0 Å². The van der Waals surface area contributed by atoms with E-state index in [0.29, 0.717) is 13.2 Å². The van der Waals surface area contributed by atoms with Crippen LogP contribution >= 0.6 is 11.6 Å². The molecule has 5 nitrogen and oxygen atoms in total. The van der Waals surface area contributed by atoms with Crippen LogP contribution in [0.25, 0.3) is 0 Å². The van der Waals surface area contributed by atoms with Gasteiger partial charge in [0.1, 0.15) is 18.2 Å². The van der Waals surface area contributed by atoms with E-state index in [9.17, 15) is 0 Å². The Bertz CT molecular complexity index is 351. The normalized spacial score (nSPS) is 9.50. The van der Waals surface area contributed by atoms with Gasteiger partial charge in [0.05, 0.1) is 12.8 Å². The number of aromatic nitrogens is 2. The van der Waals surface area contributed by atoms with Gasteiger partial charge in [-0.15, -0.1) is 0 Å². The predicted molar refractivity (Wildman–Crippen MR) is 49.1 cm³/mol. The first-order chi connectivity index (χ1) is 6.77. The Morgan fingerprint density at radius 2 is 2.36 bits per heavy atom. The minimum absolute atomic E-state index is 0.0522. The minimum Gasteiger partial charge on any atom is -0.474 e. The fourth-order valence-corrected chi connectivity index (χ4v) is 0.880. The quantitative estimate of drug-likeness (QED) is 0.552. The standard InChI is InChI=1S/C8H8ClN3O2/c1-13-2-3-14-7-6(4-10)5-11-8(9)12-7/h5H,2-3H2,1H3. The lowest BCUT2D eigenvalue weighted by Crippen LogP contribution is -2.07. The van der Waals surface area contributed by atoms with E-state index in [-0.39, 0.29) is 16.7 Å². The maximum atomic E-state index is 8.68. The molecule has 1 aromatic heterocycles. The Balaban J connectivity index is 2.73. The summed E-state index contributed by atoms with van der Waals surface area (Å²) in [4.78, 5) is 7.43. The third-order valence-corrected chi connectivity index (χ3v) is 1.55. The summed E-state index contributed by atoms with van der Waals surface area (Å²) in [5, 5.41) is 8.73. The highest BCUT2D eigenvalue weighted by molar-refractivity contribution is 6.28. The van der Waals surface area contributed by atoms with E-state index in [2.05, 4.69) is 9.97 Å². The lowest BCUT2D eigenvalue weighted by atomic mass is 10.4. The molecule has 0 aliphatic carbocycles. The highest BCUT2D eigenvalue weighted by atomic mass is 35.5. The second kappa shape index (κ2) is 5.37. The van der Waals surface area contributed by atoms with Crippen LogP contribution in [0, 0.1) is 11.3 Å². The molecule has 0 fully saturated rings. The number of nitrogens with zero attached hydrogens (tertiary/aromatic N) is 3. The molecule has 0 bridgehead atoms. The SMILES string of the molecule is COCCOc1nc(Cl)ncc1C#N. The molecule has 0 N–H and O–H groups in total. The third kappa shape index (κ3) is 2.83. The molecule has 1 rings (SSSR count). The molecule has 0 aromatic carbocycles. The Kier molecular flexibility index (Phi) is 4.11. The number of halogens is 1. The number of nitriles is 1. The molecule has 0 amide bonds. The monoisotopic (exact) mass is 213 g/mol. The fraction of sp³-hybridized carbons (Fsp3) is 0.375. The van der Waals surface area contributed by atoms with Crippen LogP contribution in [0.15, 0.2) is 6.20 Å². The molecule has 0 radical (unpaired) electrons. The molecule has 1 heterocycles. The number of methoxy groups -OCH3 is 1. The Hall–Kier alpha value is -1.38. The zero-order valence-corrected chi connectivity index (χ0v) is 8.28. The van der Waals surface area contributed by atoms with Crippen LogP contribution in [0.5, 0.6) is 5.88 Å². The molecule has 74 valence electrons. The molecule has 0 spiro atoms. The van der Waals surface area contributed by atoms with Gasteiger partial charge < -0.3 is 9.47 Å². The van der Waals surface area contributed by atoms with E-state index in [1.54, 1.807) is 7.11 Å². The van der Waals surface area contributed by atoms with Crippen molar-refractivity contribution < 1.29 is 9.47 Å². The van der Waals surface area contributed by atoms with Gasteiger partial charge in [0.25, 0.3) is 0 Å². The predicted octanol–water partition coefficient (Wildman–Crippen LogP) is 1.03. The molecule has 1 aromatic rings. The zero-order chi connectivity index (χ0) is 10.4. The van der Waals surface area contributed by atoms with Crippen molar-refractivity contribution in [2.45, 2.75) is 0 Å². The summed E-state index contributed by atoms with van der Waals surface area (Å²) in [6.45, 7) is 0.741. The van der Waals surface area contributed by atoms with Gasteiger partial charge in [-0.3, -0.25) is 0 Å². The molecule has 0 aliphatic heterocycles. The molecule has 0 atom stereocenters. The molecule has 0 aliphatic rings. The first-order valence-electron chi connectivity index (χ1n) is 3.82. The highest BCUT2D eigenvalue weighted by Gasteiger charge is 2.06. The van der Waals surface area contributed by atoms with Gasteiger partial charge in [0.2, 0.25) is 11.2 Å². The Morgan fingerprint density at radius 3 is 3.00 bits per heavy atom. The van der Waals surface area contributed by atoms with E-state index in [4.69, 9.17) is 26.3 Å². The summed E-state index contributed by atoms with van der Waals surface area (Å²) in [6, 6.07) is 1.90. The van der Waals surface area contributed by atoms with Crippen LogP contribution < -0.4 is 4.74 Å². The van der Waals surface area contributed by atoms with Gasteiger partial charge in [-0.2, -0.15) is 10.2 Å². The third-order valence-electron chi connectivity index (χ3n) is 1.37.